The molecule has 2 N–H and O–H groups in total. The zero-order valence-electron chi connectivity index (χ0n) is 19.9. The second kappa shape index (κ2) is 12.0. The third-order valence-electron chi connectivity index (χ3n) is 7.02. The van der Waals surface area contributed by atoms with Crippen molar-refractivity contribution in [2.24, 2.45) is 0 Å². The second-order valence-electron chi connectivity index (χ2n) is 9.44. The standard InChI is InChI=1S/C27H32Cl3N3O2/c1-18(23-6-5-21(28)16-25(23)30)31-26-15-20(4-7-24(26)29)19-8-13-33(14-9-19)22-3-2-11-32(17-22)12-10-27(34)35/h4-8,15-16,18,22,31H,2-3,9-14,17H2,1H3,(H,34,35). The molecule has 188 valence electrons. The molecule has 0 amide bonds. The molecular weight excluding hydrogens is 505 g/mol. The van der Waals surface area contributed by atoms with E-state index >= 15 is 0 Å². The topological polar surface area (TPSA) is 55.8 Å². The molecule has 0 bridgehead atoms. The van der Waals surface area contributed by atoms with Gasteiger partial charge in [0.15, 0.2) is 0 Å². The van der Waals surface area contributed by atoms with Gasteiger partial charge in [0.05, 0.1) is 23.2 Å². The van der Waals surface area contributed by atoms with E-state index in [9.17, 15) is 4.79 Å². The van der Waals surface area contributed by atoms with Crippen LogP contribution in [0.3, 0.4) is 0 Å². The number of carboxylic acids is 1. The molecule has 2 heterocycles. The molecule has 2 aromatic rings. The molecule has 5 nitrogen and oxygen atoms in total. The second-order valence-corrected chi connectivity index (χ2v) is 10.7. The Morgan fingerprint density at radius 2 is 1.97 bits per heavy atom. The average molecular weight is 537 g/mol. The first-order valence-corrected chi connectivity index (χ1v) is 13.3. The van der Waals surface area contributed by atoms with Crippen LogP contribution >= 0.6 is 34.8 Å². The summed E-state index contributed by atoms with van der Waals surface area (Å²) in [6, 6.07) is 12.2. The number of nitrogens with one attached hydrogen (secondary N) is 1. The SMILES string of the molecule is CC(Nc1cc(C2=CCN(C3CCCN(CCC(=O)O)C3)CC2)ccc1Cl)c1ccc(Cl)cc1Cl. The molecule has 0 aliphatic carbocycles. The lowest BCUT2D eigenvalue weighted by atomic mass is 9.96. The molecule has 0 spiro atoms. The smallest absolute Gasteiger partial charge is 0.304 e. The first kappa shape index (κ1) is 26.3. The van der Waals surface area contributed by atoms with Gasteiger partial charge in [0.2, 0.25) is 0 Å². The van der Waals surface area contributed by atoms with Crippen LogP contribution in [0.5, 0.6) is 0 Å². The first-order chi connectivity index (χ1) is 16.8. The van der Waals surface area contributed by atoms with E-state index in [2.05, 4.69) is 40.2 Å². The Labute approximate surface area is 222 Å². The molecule has 2 unspecified atom stereocenters. The fourth-order valence-corrected chi connectivity index (χ4v) is 5.81. The Bertz CT molecular complexity index is 1090. The van der Waals surface area contributed by atoms with E-state index in [-0.39, 0.29) is 12.5 Å². The van der Waals surface area contributed by atoms with E-state index in [0.717, 1.165) is 50.3 Å². The number of carboxylic acid groups (broad SMARTS) is 1. The van der Waals surface area contributed by atoms with Gasteiger partial charge in [-0.15, -0.1) is 0 Å². The summed E-state index contributed by atoms with van der Waals surface area (Å²) < 4.78 is 0. The van der Waals surface area contributed by atoms with Crippen LogP contribution in [0.2, 0.25) is 15.1 Å². The lowest BCUT2D eigenvalue weighted by Gasteiger charge is -2.40. The van der Waals surface area contributed by atoms with E-state index in [1.54, 1.807) is 6.07 Å². The van der Waals surface area contributed by atoms with Crippen molar-refractivity contribution in [2.75, 3.05) is 38.0 Å². The average Bonchev–Trinajstić information content (AvgIpc) is 2.84. The molecule has 35 heavy (non-hydrogen) atoms. The summed E-state index contributed by atoms with van der Waals surface area (Å²) in [5.41, 5.74) is 4.36. The summed E-state index contributed by atoms with van der Waals surface area (Å²) >= 11 is 19.0. The highest BCUT2D eigenvalue weighted by Crippen LogP contribution is 2.34. The van der Waals surface area contributed by atoms with Crippen LogP contribution in [-0.4, -0.2) is 59.6 Å². The molecular formula is C27H32Cl3N3O2. The van der Waals surface area contributed by atoms with Crippen molar-refractivity contribution in [1.82, 2.24) is 9.80 Å². The number of benzene rings is 2. The highest BCUT2D eigenvalue weighted by molar-refractivity contribution is 6.35. The van der Waals surface area contributed by atoms with Crippen molar-refractivity contribution in [3.05, 3.63) is 68.7 Å². The summed E-state index contributed by atoms with van der Waals surface area (Å²) in [6.45, 7) is 6.57. The van der Waals surface area contributed by atoms with Crippen molar-refractivity contribution < 1.29 is 9.90 Å². The lowest BCUT2D eigenvalue weighted by molar-refractivity contribution is -0.137. The lowest BCUT2D eigenvalue weighted by Crippen LogP contribution is -2.49. The quantitative estimate of drug-likeness (QED) is 0.386. The van der Waals surface area contributed by atoms with Crippen LogP contribution in [0.4, 0.5) is 5.69 Å². The maximum absolute atomic E-state index is 10.9. The van der Waals surface area contributed by atoms with Gasteiger partial charge in [-0.1, -0.05) is 53.0 Å². The van der Waals surface area contributed by atoms with E-state index < -0.39 is 5.97 Å². The normalized spacial score (nSPS) is 20.3. The molecule has 0 saturated carbocycles. The van der Waals surface area contributed by atoms with Gasteiger partial charge in [-0.3, -0.25) is 9.69 Å². The number of hydrogen-bond acceptors (Lipinski definition) is 4. The van der Waals surface area contributed by atoms with Gasteiger partial charge >= 0.3 is 5.97 Å². The van der Waals surface area contributed by atoms with Crippen LogP contribution in [0, 0.1) is 0 Å². The summed E-state index contributed by atoms with van der Waals surface area (Å²) in [5.74, 6) is -0.722. The number of nitrogens with zero attached hydrogens (tertiary/aromatic N) is 2. The highest BCUT2D eigenvalue weighted by Gasteiger charge is 2.27. The highest BCUT2D eigenvalue weighted by atomic mass is 35.5. The maximum Gasteiger partial charge on any atom is 0.304 e. The van der Waals surface area contributed by atoms with Crippen LogP contribution in [0.25, 0.3) is 5.57 Å². The monoisotopic (exact) mass is 535 g/mol. The van der Waals surface area contributed by atoms with Crippen molar-refractivity contribution in [3.63, 3.8) is 0 Å². The molecule has 1 fully saturated rings. The van der Waals surface area contributed by atoms with E-state index in [1.807, 2.05) is 18.2 Å². The van der Waals surface area contributed by atoms with Gasteiger partial charge < -0.3 is 15.3 Å². The van der Waals surface area contributed by atoms with Crippen molar-refractivity contribution in [2.45, 2.75) is 44.7 Å². The molecule has 8 heteroatoms. The molecule has 2 aliphatic heterocycles. The summed E-state index contributed by atoms with van der Waals surface area (Å²) in [4.78, 5) is 15.8. The van der Waals surface area contributed by atoms with Crippen molar-refractivity contribution in [1.29, 1.82) is 0 Å². The number of rotatable bonds is 8. The molecule has 2 atom stereocenters. The minimum absolute atomic E-state index is 0.0290. The van der Waals surface area contributed by atoms with E-state index in [4.69, 9.17) is 39.9 Å². The summed E-state index contributed by atoms with van der Waals surface area (Å²) in [5, 5.41) is 14.4. The zero-order valence-corrected chi connectivity index (χ0v) is 22.2. The Balaban J connectivity index is 1.40. The molecule has 0 aromatic heterocycles. The number of piperidine rings is 1. The Morgan fingerprint density at radius 3 is 2.69 bits per heavy atom. The van der Waals surface area contributed by atoms with Gasteiger partial charge in [-0.05, 0) is 73.7 Å². The number of aliphatic carboxylic acids is 1. The third kappa shape index (κ3) is 6.93. The van der Waals surface area contributed by atoms with E-state index in [0.29, 0.717) is 27.7 Å². The van der Waals surface area contributed by atoms with Gasteiger partial charge in [0, 0.05) is 42.3 Å². The first-order valence-electron chi connectivity index (χ1n) is 12.2. The van der Waals surface area contributed by atoms with Crippen LogP contribution in [0.1, 0.15) is 49.8 Å². The summed E-state index contributed by atoms with van der Waals surface area (Å²) in [6.07, 6.45) is 5.82. The third-order valence-corrected chi connectivity index (χ3v) is 7.91. The maximum atomic E-state index is 10.9. The van der Waals surface area contributed by atoms with Crippen LogP contribution in [-0.2, 0) is 4.79 Å². The molecule has 1 saturated heterocycles. The molecule has 2 aromatic carbocycles. The summed E-state index contributed by atoms with van der Waals surface area (Å²) in [7, 11) is 0. The predicted molar refractivity (Wildman–Crippen MR) is 146 cm³/mol. The number of carbonyl (C=O) groups is 1. The zero-order chi connectivity index (χ0) is 24.9. The minimum Gasteiger partial charge on any atom is -0.481 e. The van der Waals surface area contributed by atoms with Crippen molar-refractivity contribution >= 4 is 52.0 Å². The number of hydrogen-bond donors (Lipinski definition) is 2. The van der Waals surface area contributed by atoms with Crippen molar-refractivity contribution in [3.8, 4) is 0 Å². The molecule has 0 radical (unpaired) electrons. The Morgan fingerprint density at radius 1 is 1.14 bits per heavy atom. The number of anilines is 1. The number of likely N-dealkylation sites (tertiary alicyclic amines) is 1. The molecule has 2 aliphatic rings. The number of halogens is 3. The van der Waals surface area contributed by atoms with Crippen LogP contribution in [0.15, 0.2) is 42.5 Å². The molecule has 4 rings (SSSR count). The van der Waals surface area contributed by atoms with Gasteiger partial charge in [0.1, 0.15) is 0 Å². The predicted octanol–water partition coefficient (Wildman–Crippen LogP) is 6.85. The Kier molecular flexibility index (Phi) is 9.01. The fraction of sp³-hybridized carbons (Fsp3) is 0.444. The van der Waals surface area contributed by atoms with Gasteiger partial charge in [-0.25, -0.2) is 0 Å². The minimum atomic E-state index is -0.722. The van der Waals surface area contributed by atoms with Crippen LogP contribution < -0.4 is 5.32 Å². The fourth-order valence-electron chi connectivity index (χ4n) is 5.06. The Hall–Kier alpha value is -1.76. The van der Waals surface area contributed by atoms with Gasteiger partial charge in [-0.2, -0.15) is 0 Å². The largest absolute Gasteiger partial charge is 0.481 e. The van der Waals surface area contributed by atoms with E-state index in [1.165, 1.54) is 17.6 Å². The van der Waals surface area contributed by atoms with Gasteiger partial charge in [0.25, 0.3) is 0 Å².